The molecule has 0 bridgehead atoms. The van der Waals surface area contributed by atoms with Crippen molar-refractivity contribution in [2.75, 3.05) is 7.11 Å². The zero-order valence-corrected chi connectivity index (χ0v) is 9.92. The van der Waals surface area contributed by atoms with Crippen LogP contribution < -0.4 is 0 Å². The van der Waals surface area contributed by atoms with E-state index in [0.29, 0.717) is 11.5 Å². The average Bonchev–Trinajstić information content (AvgIpc) is 2.16. The molecule has 1 heterocycles. The largest absolute Gasteiger partial charge is 0.465 e. The van der Waals surface area contributed by atoms with Gasteiger partial charge < -0.3 is 4.74 Å². The van der Waals surface area contributed by atoms with Crippen molar-refractivity contribution in [3.63, 3.8) is 0 Å². The van der Waals surface area contributed by atoms with Crippen LogP contribution in [0.3, 0.4) is 0 Å². The van der Waals surface area contributed by atoms with Crippen LogP contribution in [0.4, 0.5) is 0 Å². The molecule has 1 aromatic rings. The molecule has 0 aromatic carbocycles. The summed E-state index contributed by atoms with van der Waals surface area (Å²) in [5, 5.41) is 0.151. The molecule has 0 radical (unpaired) electrons. The fraction of sp³-hybridized carbons (Fsp3) is 0.500. The maximum Gasteiger partial charge on any atom is 0.342 e. The number of methoxy groups -OCH3 is 1. The lowest BCUT2D eigenvalue weighted by Gasteiger charge is -2.09. The minimum atomic E-state index is -0.507. The number of hydrogen-bond acceptors (Lipinski definition) is 4. The summed E-state index contributed by atoms with van der Waals surface area (Å²) in [5.41, 5.74) is 0.786. The van der Waals surface area contributed by atoms with Crippen molar-refractivity contribution in [1.29, 1.82) is 0 Å². The first-order chi connectivity index (χ1) is 6.97. The standard InChI is InChI=1S/C10H13ClN2O2/c1-5(2)9-12-6(3)7(8(11)13-9)10(14)15-4/h5H,1-4H3. The lowest BCUT2D eigenvalue weighted by atomic mass is 10.2. The Morgan fingerprint density at radius 1 is 1.40 bits per heavy atom. The normalized spacial score (nSPS) is 10.5. The zero-order valence-electron chi connectivity index (χ0n) is 9.17. The quantitative estimate of drug-likeness (QED) is 0.576. The second kappa shape index (κ2) is 4.57. The molecule has 0 aliphatic heterocycles. The highest BCUT2D eigenvalue weighted by Crippen LogP contribution is 2.20. The number of hydrogen-bond donors (Lipinski definition) is 0. The van der Waals surface area contributed by atoms with Crippen molar-refractivity contribution in [1.82, 2.24) is 9.97 Å². The van der Waals surface area contributed by atoms with E-state index in [-0.39, 0.29) is 16.6 Å². The number of rotatable bonds is 2. The Balaban J connectivity index is 3.27. The predicted octanol–water partition coefficient (Wildman–Crippen LogP) is 2.35. The first-order valence-corrected chi connectivity index (χ1v) is 4.97. The molecular weight excluding hydrogens is 216 g/mol. The van der Waals surface area contributed by atoms with Gasteiger partial charge in [0.05, 0.1) is 12.8 Å². The van der Waals surface area contributed by atoms with Crippen LogP contribution in [0.2, 0.25) is 5.15 Å². The molecule has 1 aromatic heterocycles. The van der Waals surface area contributed by atoms with E-state index in [1.165, 1.54) is 7.11 Å². The van der Waals surface area contributed by atoms with E-state index in [0.717, 1.165) is 0 Å². The topological polar surface area (TPSA) is 52.1 Å². The third-order valence-electron chi connectivity index (χ3n) is 1.97. The Kier molecular flexibility index (Phi) is 3.63. The first-order valence-electron chi connectivity index (χ1n) is 4.59. The number of esters is 1. The Morgan fingerprint density at radius 3 is 2.40 bits per heavy atom. The highest BCUT2D eigenvalue weighted by molar-refractivity contribution is 6.32. The van der Waals surface area contributed by atoms with Gasteiger partial charge in [0.2, 0.25) is 0 Å². The van der Waals surface area contributed by atoms with Gasteiger partial charge in [-0.2, -0.15) is 0 Å². The number of nitrogens with zero attached hydrogens (tertiary/aromatic N) is 2. The highest BCUT2D eigenvalue weighted by atomic mass is 35.5. The number of halogens is 1. The third-order valence-corrected chi connectivity index (χ3v) is 2.24. The van der Waals surface area contributed by atoms with Crippen molar-refractivity contribution in [3.05, 3.63) is 22.2 Å². The van der Waals surface area contributed by atoms with Crippen LogP contribution in [0.5, 0.6) is 0 Å². The first kappa shape index (κ1) is 11.9. The predicted molar refractivity (Wildman–Crippen MR) is 57.2 cm³/mol. The summed E-state index contributed by atoms with van der Waals surface area (Å²) in [6, 6.07) is 0. The zero-order chi connectivity index (χ0) is 11.6. The second-order valence-electron chi connectivity index (χ2n) is 3.48. The fourth-order valence-electron chi connectivity index (χ4n) is 1.15. The van der Waals surface area contributed by atoms with Crippen molar-refractivity contribution in [3.8, 4) is 0 Å². The van der Waals surface area contributed by atoms with E-state index in [1.54, 1.807) is 6.92 Å². The van der Waals surface area contributed by atoms with Crippen LogP contribution >= 0.6 is 11.6 Å². The van der Waals surface area contributed by atoms with Gasteiger partial charge in [-0.25, -0.2) is 14.8 Å². The van der Waals surface area contributed by atoms with Crippen LogP contribution in [0.25, 0.3) is 0 Å². The molecule has 0 saturated heterocycles. The Hall–Kier alpha value is -1.16. The molecule has 0 fully saturated rings. The summed E-state index contributed by atoms with van der Waals surface area (Å²) < 4.78 is 4.59. The summed E-state index contributed by atoms with van der Waals surface area (Å²) >= 11 is 5.90. The number of aryl methyl sites for hydroxylation is 1. The molecule has 0 N–H and O–H groups in total. The smallest absolute Gasteiger partial charge is 0.342 e. The Labute approximate surface area is 93.6 Å². The molecule has 0 spiro atoms. The van der Waals surface area contributed by atoms with Crippen LogP contribution in [-0.2, 0) is 4.74 Å². The minimum Gasteiger partial charge on any atom is -0.465 e. The average molecular weight is 229 g/mol. The molecule has 0 unspecified atom stereocenters. The molecule has 15 heavy (non-hydrogen) atoms. The van der Waals surface area contributed by atoms with Gasteiger partial charge in [0.1, 0.15) is 16.5 Å². The highest BCUT2D eigenvalue weighted by Gasteiger charge is 2.18. The SMILES string of the molecule is COC(=O)c1c(C)nc(C(C)C)nc1Cl. The molecule has 0 aliphatic carbocycles. The van der Waals surface area contributed by atoms with Crippen molar-refractivity contribution < 1.29 is 9.53 Å². The Bertz CT molecular complexity index is 368. The number of ether oxygens (including phenoxy) is 1. The van der Waals surface area contributed by atoms with E-state index >= 15 is 0 Å². The lowest BCUT2D eigenvalue weighted by molar-refractivity contribution is 0.0599. The van der Waals surface area contributed by atoms with Gasteiger partial charge in [0, 0.05) is 5.92 Å². The molecule has 4 nitrogen and oxygen atoms in total. The third kappa shape index (κ3) is 2.45. The van der Waals surface area contributed by atoms with E-state index in [2.05, 4.69) is 14.7 Å². The summed E-state index contributed by atoms with van der Waals surface area (Å²) in [7, 11) is 1.30. The van der Waals surface area contributed by atoms with E-state index < -0.39 is 5.97 Å². The Morgan fingerprint density at radius 2 is 2.00 bits per heavy atom. The number of carbonyl (C=O) groups excluding carboxylic acids is 1. The van der Waals surface area contributed by atoms with Crippen molar-refractivity contribution in [2.24, 2.45) is 0 Å². The van der Waals surface area contributed by atoms with Gasteiger partial charge in [-0.1, -0.05) is 25.4 Å². The van der Waals surface area contributed by atoms with E-state index in [1.807, 2.05) is 13.8 Å². The van der Waals surface area contributed by atoms with Crippen LogP contribution in [0.15, 0.2) is 0 Å². The second-order valence-corrected chi connectivity index (χ2v) is 3.84. The molecule has 5 heteroatoms. The lowest BCUT2D eigenvalue weighted by Crippen LogP contribution is -2.10. The maximum atomic E-state index is 11.3. The van der Waals surface area contributed by atoms with Gasteiger partial charge >= 0.3 is 5.97 Å². The fourth-order valence-corrected chi connectivity index (χ4v) is 1.45. The summed E-state index contributed by atoms with van der Waals surface area (Å²) in [6.45, 7) is 5.64. The maximum absolute atomic E-state index is 11.3. The number of aromatic nitrogens is 2. The van der Waals surface area contributed by atoms with Gasteiger partial charge in [-0.3, -0.25) is 0 Å². The monoisotopic (exact) mass is 228 g/mol. The summed E-state index contributed by atoms with van der Waals surface area (Å²) in [6.07, 6.45) is 0. The minimum absolute atomic E-state index is 0.151. The molecule has 1 rings (SSSR count). The van der Waals surface area contributed by atoms with Gasteiger partial charge in [-0.05, 0) is 6.92 Å². The van der Waals surface area contributed by atoms with Gasteiger partial charge in [0.25, 0.3) is 0 Å². The van der Waals surface area contributed by atoms with Gasteiger partial charge in [0.15, 0.2) is 0 Å². The van der Waals surface area contributed by atoms with E-state index in [9.17, 15) is 4.79 Å². The van der Waals surface area contributed by atoms with Crippen LogP contribution in [0, 0.1) is 6.92 Å². The molecule has 0 saturated carbocycles. The van der Waals surface area contributed by atoms with Crippen LogP contribution in [-0.4, -0.2) is 23.0 Å². The van der Waals surface area contributed by atoms with Crippen molar-refractivity contribution in [2.45, 2.75) is 26.7 Å². The molecule has 0 atom stereocenters. The van der Waals surface area contributed by atoms with Gasteiger partial charge in [-0.15, -0.1) is 0 Å². The molecule has 82 valence electrons. The number of carbonyl (C=O) groups is 1. The van der Waals surface area contributed by atoms with Crippen LogP contribution in [0.1, 0.15) is 41.6 Å². The van der Waals surface area contributed by atoms with E-state index in [4.69, 9.17) is 11.6 Å². The molecule has 0 amide bonds. The summed E-state index contributed by atoms with van der Waals surface area (Å²) in [5.74, 6) is 0.297. The van der Waals surface area contributed by atoms with Crippen molar-refractivity contribution >= 4 is 17.6 Å². The summed E-state index contributed by atoms with van der Waals surface area (Å²) in [4.78, 5) is 19.6. The molecular formula is C10H13ClN2O2. The molecule has 0 aliphatic rings.